The largest absolute Gasteiger partial charge is 0.457 e. The Morgan fingerprint density at radius 3 is 2.35 bits per heavy atom. The molecule has 1 amide bonds. The first-order chi connectivity index (χ1) is 18.9. The fourth-order valence-corrected chi connectivity index (χ4v) is 5.35. The maximum absolute atomic E-state index is 12.8. The highest BCUT2D eigenvalue weighted by atomic mass is 35.5. The average molecular weight is 564 g/mol. The van der Waals surface area contributed by atoms with Gasteiger partial charge in [0.05, 0.1) is 17.5 Å². The Labute approximate surface area is 241 Å². The summed E-state index contributed by atoms with van der Waals surface area (Å²) in [5.74, 6) is 2.47. The number of hydrogen-bond acceptors (Lipinski definition) is 7. The van der Waals surface area contributed by atoms with Crippen LogP contribution in [0.15, 0.2) is 60.9 Å². The van der Waals surface area contributed by atoms with E-state index in [1.165, 1.54) is 6.33 Å². The number of rotatable bonds is 9. The van der Waals surface area contributed by atoms with E-state index in [2.05, 4.69) is 34.4 Å². The molecule has 2 heterocycles. The van der Waals surface area contributed by atoms with Crippen molar-refractivity contribution in [3.63, 3.8) is 0 Å². The van der Waals surface area contributed by atoms with Crippen molar-refractivity contribution < 1.29 is 9.53 Å². The molecule has 2 aromatic carbocycles. The highest BCUT2D eigenvalue weighted by Gasteiger charge is 2.29. The molecule has 5 rings (SSSR count). The van der Waals surface area contributed by atoms with Gasteiger partial charge in [-0.2, -0.15) is 5.10 Å². The van der Waals surface area contributed by atoms with Crippen LogP contribution < -0.4 is 21.1 Å². The summed E-state index contributed by atoms with van der Waals surface area (Å²) in [6, 6.07) is 17.7. The molecule has 9 nitrogen and oxygen atoms in total. The Morgan fingerprint density at radius 2 is 1.70 bits per heavy atom. The zero-order chi connectivity index (χ0) is 27.4. The van der Waals surface area contributed by atoms with E-state index in [-0.39, 0.29) is 36.4 Å². The van der Waals surface area contributed by atoms with Gasteiger partial charge in [0.15, 0.2) is 5.65 Å². The molecule has 1 atom stereocenters. The van der Waals surface area contributed by atoms with Crippen LogP contribution in [0.25, 0.3) is 22.3 Å². The molecule has 1 saturated carbocycles. The molecule has 1 fully saturated rings. The molecular formula is C30H38ClN7O2. The number of halogens is 1. The highest BCUT2D eigenvalue weighted by Crippen LogP contribution is 2.36. The number of benzene rings is 2. The number of hydrogen-bond donors (Lipinski definition) is 3. The SMILES string of the molecule is CN[C@@H](CC(C)C)C(=O)NC1CCC(n2nc(-c3ccc(Oc4ccccc4)cc3)c3c(N)ncnc32)CC1.Cl. The molecular weight excluding hydrogens is 526 g/mol. The minimum absolute atomic E-state index is 0. The maximum atomic E-state index is 12.8. The Bertz CT molecular complexity index is 1400. The summed E-state index contributed by atoms with van der Waals surface area (Å²) in [7, 11) is 1.85. The first-order valence-electron chi connectivity index (χ1n) is 13.7. The summed E-state index contributed by atoms with van der Waals surface area (Å²) in [4.78, 5) is 21.6. The molecule has 2 aromatic heterocycles. The topological polar surface area (TPSA) is 120 Å². The third kappa shape index (κ3) is 6.54. The van der Waals surface area contributed by atoms with E-state index in [0.717, 1.165) is 65.9 Å². The molecule has 0 radical (unpaired) electrons. The van der Waals surface area contributed by atoms with Crippen LogP contribution in [0.4, 0.5) is 5.82 Å². The van der Waals surface area contributed by atoms with Gasteiger partial charge in [0.1, 0.15) is 29.3 Å². The number of nitrogens with two attached hydrogens (primary N) is 1. The standard InChI is InChI=1S/C30H37N7O2.ClH/c1-19(2)17-25(32-3)30(38)35-21-11-13-22(14-12-21)37-29-26(28(31)33-18-34-29)27(36-37)20-9-15-24(16-10-20)39-23-7-5-4-6-8-23;/h4-10,15-16,18-19,21-22,25,32H,11-14,17H2,1-3H3,(H,35,38)(H2,31,33,34);1H/t21?,22?,25-;/m0./s1. The number of nitrogens with zero attached hydrogens (tertiary/aromatic N) is 4. The zero-order valence-corrected chi connectivity index (χ0v) is 24.0. The molecule has 40 heavy (non-hydrogen) atoms. The second-order valence-electron chi connectivity index (χ2n) is 10.7. The maximum Gasteiger partial charge on any atom is 0.237 e. The summed E-state index contributed by atoms with van der Waals surface area (Å²) in [6.07, 6.45) is 5.87. The lowest BCUT2D eigenvalue weighted by atomic mass is 9.90. The number of fused-ring (bicyclic) bond motifs is 1. The predicted octanol–water partition coefficient (Wildman–Crippen LogP) is 5.52. The fraction of sp³-hybridized carbons (Fsp3) is 0.400. The number of aromatic nitrogens is 4. The van der Waals surface area contributed by atoms with Crippen LogP contribution in [-0.2, 0) is 4.79 Å². The predicted molar refractivity (Wildman–Crippen MR) is 161 cm³/mol. The van der Waals surface area contributed by atoms with Crippen LogP contribution in [0.3, 0.4) is 0 Å². The van der Waals surface area contributed by atoms with Crippen molar-refractivity contribution in [3.8, 4) is 22.8 Å². The monoisotopic (exact) mass is 563 g/mol. The molecule has 4 aromatic rings. The molecule has 0 unspecified atom stereocenters. The molecule has 0 spiro atoms. The quantitative estimate of drug-likeness (QED) is 0.245. The summed E-state index contributed by atoms with van der Waals surface area (Å²) >= 11 is 0. The molecule has 0 bridgehead atoms. The van der Waals surface area contributed by atoms with Gasteiger partial charge < -0.3 is 21.1 Å². The van der Waals surface area contributed by atoms with Crippen molar-refractivity contribution >= 4 is 35.2 Å². The van der Waals surface area contributed by atoms with Crippen LogP contribution in [0.5, 0.6) is 11.5 Å². The number of amides is 1. The highest BCUT2D eigenvalue weighted by molar-refractivity contribution is 5.98. The Morgan fingerprint density at radius 1 is 1.02 bits per heavy atom. The third-order valence-corrected chi connectivity index (χ3v) is 7.39. The number of anilines is 1. The first kappa shape index (κ1) is 29.3. The van der Waals surface area contributed by atoms with E-state index in [4.69, 9.17) is 15.6 Å². The lowest BCUT2D eigenvalue weighted by molar-refractivity contribution is -0.124. The Balaban J connectivity index is 0.00000370. The smallest absolute Gasteiger partial charge is 0.237 e. The summed E-state index contributed by atoms with van der Waals surface area (Å²) in [5.41, 5.74) is 8.76. The van der Waals surface area contributed by atoms with Gasteiger partial charge in [-0.3, -0.25) is 4.79 Å². The molecule has 0 saturated heterocycles. The van der Waals surface area contributed by atoms with E-state index in [1.54, 1.807) is 0 Å². The van der Waals surface area contributed by atoms with Crippen molar-refractivity contribution in [2.24, 2.45) is 5.92 Å². The molecule has 10 heteroatoms. The fourth-order valence-electron chi connectivity index (χ4n) is 5.35. The number of carbonyl (C=O) groups excluding carboxylic acids is 1. The second-order valence-corrected chi connectivity index (χ2v) is 10.7. The number of likely N-dealkylation sites (N-methyl/N-ethyl adjacent to an activating group) is 1. The molecule has 1 aliphatic carbocycles. The van der Waals surface area contributed by atoms with Crippen molar-refractivity contribution in [1.82, 2.24) is 30.4 Å². The minimum atomic E-state index is -0.163. The second kappa shape index (κ2) is 13.1. The van der Waals surface area contributed by atoms with Gasteiger partial charge in [0, 0.05) is 11.6 Å². The van der Waals surface area contributed by atoms with Gasteiger partial charge in [-0.1, -0.05) is 32.0 Å². The summed E-state index contributed by atoms with van der Waals surface area (Å²) in [5, 5.41) is 12.2. The van der Waals surface area contributed by atoms with Crippen LogP contribution in [-0.4, -0.2) is 44.8 Å². The van der Waals surface area contributed by atoms with Gasteiger partial charge in [0.25, 0.3) is 0 Å². The van der Waals surface area contributed by atoms with E-state index < -0.39 is 0 Å². The van der Waals surface area contributed by atoms with Crippen molar-refractivity contribution in [3.05, 3.63) is 60.9 Å². The number of carbonyl (C=O) groups is 1. The van der Waals surface area contributed by atoms with Crippen LogP contribution >= 0.6 is 12.4 Å². The minimum Gasteiger partial charge on any atom is -0.457 e. The zero-order valence-electron chi connectivity index (χ0n) is 23.2. The van der Waals surface area contributed by atoms with E-state index in [1.807, 2.05) is 66.3 Å². The van der Waals surface area contributed by atoms with Gasteiger partial charge in [0.2, 0.25) is 5.91 Å². The normalized spacial score (nSPS) is 17.8. The first-order valence-corrected chi connectivity index (χ1v) is 13.7. The van der Waals surface area contributed by atoms with Crippen LogP contribution in [0.1, 0.15) is 52.0 Å². The Hall–Kier alpha value is -3.69. The van der Waals surface area contributed by atoms with Crippen molar-refractivity contribution in [1.29, 1.82) is 0 Å². The van der Waals surface area contributed by atoms with Gasteiger partial charge >= 0.3 is 0 Å². The average Bonchev–Trinajstić information content (AvgIpc) is 3.34. The van der Waals surface area contributed by atoms with Gasteiger partial charge in [-0.15, -0.1) is 12.4 Å². The lowest BCUT2D eigenvalue weighted by Gasteiger charge is -2.30. The third-order valence-electron chi connectivity index (χ3n) is 7.39. The van der Waals surface area contributed by atoms with E-state index in [0.29, 0.717) is 11.7 Å². The molecule has 1 aliphatic rings. The lowest BCUT2D eigenvalue weighted by Crippen LogP contribution is -2.48. The van der Waals surface area contributed by atoms with Crippen LogP contribution in [0.2, 0.25) is 0 Å². The molecule has 212 valence electrons. The number of ether oxygens (including phenoxy) is 1. The molecule has 4 N–H and O–H groups in total. The number of nitrogen functional groups attached to an aromatic ring is 1. The summed E-state index contributed by atoms with van der Waals surface area (Å²) in [6.45, 7) is 4.27. The van der Waals surface area contributed by atoms with Crippen molar-refractivity contribution in [2.45, 2.75) is 64.1 Å². The van der Waals surface area contributed by atoms with E-state index in [9.17, 15) is 4.79 Å². The van der Waals surface area contributed by atoms with Gasteiger partial charge in [-0.25, -0.2) is 14.6 Å². The van der Waals surface area contributed by atoms with Gasteiger partial charge in [-0.05, 0) is 81.5 Å². The van der Waals surface area contributed by atoms with Crippen LogP contribution in [0, 0.1) is 5.92 Å². The van der Waals surface area contributed by atoms with Crippen molar-refractivity contribution in [2.75, 3.05) is 12.8 Å². The number of para-hydroxylation sites is 1. The summed E-state index contributed by atoms with van der Waals surface area (Å²) < 4.78 is 7.95. The number of nitrogens with one attached hydrogen (secondary N) is 2. The molecule has 0 aliphatic heterocycles. The van der Waals surface area contributed by atoms with E-state index >= 15 is 0 Å². The Kier molecular flexibility index (Phi) is 9.60.